The van der Waals surface area contributed by atoms with Crippen molar-refractivity contribution in [2.75, 3.05) is 12.8 Å². The van der Waals surface area contributed by atoms with Crippen LogP contribution in [-0.4, -0.2) is 41.7 Å². The van der Waals surface area contributed by atoms with E-state index in [2.05, 4.69) is 10.6 Å². The highest BCUT2D eigenvalue weighted by atomic mass is 32.2. The van der Waals surface area contributed by atoms with Crippen LogP contribution in [0, 0.1) is 5.92 Å². The van der Waals surface area contributed by atoms with Crippen molar-refractivity contribution in [2.45, 2.75) is 31.2 Å². The summed E-state index contributed by atoms with van der Waals surface area (Å²) in [6.45, 7) is 3.50. The third-order valence-corrected chi connectivity index (χ3v) is 3.85. The van der Waals surface area contributed by atoms with Crippen molar-refractivity contribution >= 4 is 29.5 Å². The monoisotopic (exact) mass is 338 g/mol. The maximum absolute atomic E-state index is 11.9. The van der Waals surface area contributed by atoms with Crippen molar-refractivity contribution in [1.82, 2.24) is 10.6 Å². The van der Waals surface area contributed by atoms with E-state index in [9.17, 15) is 14.4 Å². The van der Waals surface area contributed by atoms with Crippen molar-refractivity contribution in [3.63, 3.8) is 0 Å². The molecule has 3 N–H and O–H groups in total. The van der Waals surface area contributed by atoms with Gasteiger partial charge in [0.15, 0.2) is 0 Å². The molecule has 6 nitrogen and oxygen atoms in total. The van der Waals surface area contributed by atoms with Crippen molar-refractivity contribution in [1.29, 1.82) is 0 Å². The molecule has 23 heavy (non-hydrogen) atoms. The average molecular weight is 338 g/mol. The molecule has 1 atom stereocenters. The standard InChI is InChI=1S/C16H22N2O4S/c1-10(2)8-13(16(21)22)18-14(19)9-17-15(20)11-4-6-12(23-3)7-5-11/h4-7,10,13H,8-9H2,1-3H3,(H,17,20)(H,18,19)(H,21,22)/t13-/m0/s1. The molecule has 0 aliphatic heterocycles. The van der Waals surface area contributed by atoms with Gasteiger partial charge in [-0.25, -0.2) is 4.79 Å². The second-order valence-electron chi connectivity index (χ2n) is 5.50. The van der Waals surface area contributed by atoms with Crippen molar-refractivity contribution in [2.24, 2.45) is 5.92 Å². The lowest BCUT2D eigenvalue weighted by Gasteiger charge is -2.16. The minimum atomic E-state index is -1.08. The first-order valence-corrected chi connectivity index (χ1v) is 8.50. The first-order chi connectivity index (χ1) is 10.8. The van der Waals surface area contributed by atoms with Crippen LogP contribution in [0.2, 0.25) is 0 Å². The van der Waals surface area contributed by atoms with Crippen LogP contribution in [0.4, 0.5) is 0 Å². The van der Waals surface area contributed by atoms with Crippen molar-refractivity contribution in [3.05, 3.63) is 29.8 Å². The highest BCUT2D eigenvalue weighted by Gasteiger charge is 2.21. The summed E-state index contributed by atoms with van der Waals surface area (Å²) in [6, 6.07) is 6.06. The first-order valence-electron chi connectivity index (χ1n) is 7.28. The summed E-state index contributed by atoms with van der Waals surface area (Å²) in [7, 11) is 0. The van der Waals surface area contributed by atoms with Gasteiger partial charge in [0.1, 0.15) is 6.04 Å². The van der Waals surface area contributed by atoms with Crippen LogP contribution in [0.25, 0.3) is 0 Å². The number of carbonyl (C=O) groups is 3. The lowest BCUT2D eigenvalue weighted by atomic mass is 10.0. The van der Waals surface area contributed by atoms with E-state index in [1.807, 2.05) is 32.2 Å². The number of nitrogens with one attached hydrogen (secondary N) is 2. The molecule has 2 amide bonds. The van der Waals surface area contributed by atoms with Gasteiger partial charge in [0.25, 0.3) is 5.91 Å². The molecule has 1 aromatic carbocycles. The van der Waals surface area contributed by atoms with Gasteiger partial charge in [-0.2, -0.15) is 0 Å². The van der Waals surface area contributed by atoms with Gasteiger partial charge >= 0.3 is 5.97 Å². The molecular formula is C16H22N2O4S. The van der Waals surface area contributed by atoms with Gasteiger partial charge in [-0.05, 0) is 42.9 Å². The zero-order valence-electron chi connectivity index (χ0n) is 13.5. The van der Waals surface area contributed by atoms with Crippen molar-refractivity contribution in [3.8, 4) is 0 Å². The number of amides is 2. The molecule has 0 aromatic heterocycles. The second-order valence-corrected chi connectivity index (χ2v) is 6.38. The maximum atomic E-state index is 11.9. The van der Waals surface area contributed by atoms with E-state index >= 15 is 0 Å². The SMILES string of the molecule is CSc1ccc(C(=O)NCC(=O)N[C@@H](CC(C)C)C(=O)O)cc1. The number of aliphatic carboxylic acids is 1. The quantitative estimate of drug-likeness (QED) is 0.628. The number of hydrogen-bond donors (Lipinski definition) is 3. The molecule has 0 spiro atoms. The zero-order chi connectivity index (χ0) is 17.4. The highest BCUT2D eigenvalue weighted by Crippen LogP contribution is 2.14. The second kappa shape index (κ2) is 9.19. The molecule has 0 heterocycles. The number of thioether (sulfide) groups is 1. The van der Waals surface area contributed by atoms with E-state index in [4.69, 9.17) is 5.11 Å². The normalized spacial score (nSPS) is 11.8. The summed E-state index contributed by atoms with van der Waals surface area (Å²) >= 11 is 1.57. The number of carbonyl (C=O) groups excluding carboxylic acids is 2. The van der Waals surface area contributed by atoms with Crippen LogP contribution in [0.15, 0.2) is 29.2 Å². The summed E-state index contributed by atoms with van der Waals surface area (Å²) in [6.07, 6.45) is 2.28. The fourth-order valence-electron chi connectivity index (χ4n) is 1.94. The Hall–Kier alpha value is -2.02. The molecular weight excluding hydrogens is 316 g/mol. The molecule has 0 bridgehead atoms. The summed E-state index contributed by atoms with van der Waals surface area (Å²) in [4.78, 5) is 35.8. The summed E-state index contributed by atoms with van der Waals surface area (Å²) < 4.78 is 0. The third kappa shape index (κ3) is 6.73. The van der Waals surface area contributed by atoms with E-state index < -0.39 is 17.9 Å². The van der Waals surface area contributed by atoms with E-state index in [0.717, 1.165) is 4.90 Å². The number of rotatable bonds is 8. The minimum Gasteiger partial charge on any atom is -0.480 e. The molecule has 7 heteroatoms. The Morgan fingerprint density at radius 2 is 1.78 bits per heavy atom. The van der Waals surface area contributed by atoms with E-state index in [0.29, 0.717) is 12.0 Å². The predicted octanol–water partition coefficient (Wildman–Crippen LogP) is 1.75. The molecule has 0 unspecified atom stereocenters. The molecule has 0 saturated carbocycles. The van der Waals surface area contributed by atoms with Crippen molar-refractivity contribution < 1.29 is 19.5 Å². The third-order valence-electron chi connectivity index (χ3n) is 3.10. The van der Waals surface area contributed by atoms with E-state index in [1.54, 1.807) is 23.9 Å². The van der Waals surface area contributed by atoms with Gasteiger partial charge in [-0.15, -0.1) is 11.8 Å². The van der Waals surface area contributed by atoms with Gasteiger partial charge in [-0.3, -0.25) is 9.59 Å². The Morgan fingerprint density at radius 1 is 1.17 bits per heavy atom. The summed E-state index contributed by atoms with van der Waals surface area (Å²) in [5.41, 5.74) is 0.451. The molecule has 0 saturated heterocycles. The van der Waals surface area contributed by atoms with Gasteiger partial charge in [0, 0.05) is 10.5 Å². The molecule has 0 aliphatic rings. The predicted molar refractivity (Wildman–Crippen MR) is 89.6 cm³/mol. The fourth-order valence-corrected chi connectivity index (χ4v) is 2.35. The van der Waals surface area contributed by atoms with Crippen LogP contribution >= 0.6 is 11.8 Å². The Labute approximate surface area is 140 Å². The topological polar surface area (TPSA) is 95.5 Å². The summed E-state index contributed by atoms with van der Waals surface area (Å²) in [5.74, 6) is -1.83. The van der Waals surface area contributed by atoms with E-state index in [-0.39, 0.29) is 18.4 Å². The van der Waals surface area contributed by atoms with Gasteiger partial charge in [-0.1, -0.05) is 13.8 Å². The lowest BCUT2D eigenvalue weighted by molar-refractivity contribution is -0.142. The summed E-state index contributed by atoms with van der Waals surface area (Å²) in [5, 5.41) is 14.0. The number of benzene rings is 1. The molecule has 0 fully saturated rings. The average Bonchev–Trinajstić information content (AvgIpc) is 2.51. The number of carboxylic acid groups (broad SMARTS) is 1. The van der Waals surface area contributed by atoms with Crippen LogP contribution in [0.5, 0.6) is 0 Å². The molecule has 0 aliphatic carbocycles. The number of hydrogen-bond acceptors (Lipinski definition) is 4. The van der Waals surface area contributed by atoms with Crippen LogP contribution in [-0.2, 0) is 9.59 Å². The van der Waals surface area contributed by atoms with Crippen LogP contribution in [0.3, 0.4) is 0 Å². The van der Waals surface area contributed by atoms with Crippen LogP contribution in [0.1, 0.15) is 30.6 Å². The molecule has 1 aromatic rings. The minimum absolute atomic E-state index is 0.140. The molecule has 0 radical (unpaired) electrons. The largest absolute Gasteiger partial charge is 0.480 e. The van der Waals surface area contributed by atoms with E-state index in [1.165, 1.54) is 0 Å². The Kier molecular flexibility index (Phi) is 7.61. The zero-order valence-corrected chi connectivity index (χ0v) is 14.3. The molecule has 1 rings (SSSR count). The first kappa shape index (κ1) is 19.0. The van der Waals surface area contributed by atoms with Gasteiger partial charge in [0.05, 0.1) is 6.54 Å². The van der Waals surface area contributed by atoms with Gasteiger partial charge < -0.3 is 15.7 Å². The lowest BCUT2D eigenvalue weighted by Crippen LogP contribution is -2.46. The Morgan fingerprint density at radius 3 is 2.26 bits per heavy atom. The highest BCUT2D eigenvalue weighted by molar-refractivity contribution is 7.98. The Balaban J connectivity index is 2.50. The number of carboxylic acids is 1. The van der Waals surface area contributed by atoms with Crippen LogP contribution < -0.4 is 10.6 Å². The fraction of sp³-hybridized carbons (Fsp3) is 0.438. The smallest absolute Gasteiger partial charge is 0.326 e. The molecule has 126 valence electrons. The Bertz CT molecular complexity index is 558. The van der Waals surface area contributed by atoms with Gasteiger partial charge in [0.2, 0.25) is 5.91 Å². The maximum Gasteiger partial charge on any atom is 0.326 e.